The predicted octanol–water partition coefficient (Wildman–Crippen LogP) is 6.17. The highest BCUT2D eigenvalue weighted by atomic mass is 127. The predicted molar refractivity (Wildman–Crippen MR) is 118 cm³/mol. The standard InChI is InChI=1S/C19H12ClI2NO2/c20-13-5-1-11(2-6-13)12-3-7-15(8-4-12)23-19(25)16-9-14(21)10-17(22)18(16)24/h1-10,24H,(H,23,25). The van der Waals surface area contributed by atoms with E-state index in [4.69, 9.17) is 11.6 Å². The summed E-state index contributed by atoms with van der Waals surface area (Å²) in [7, 11) is 0. The van der Waals surface area contributed by atoms with E-state index in [0.29, 0.717) is 14.3 Å². The number of carbonyl (C=O) groups excluding carboxylic acids is 1. The molecule has 0 fully saturated rings. The van der Waals surface area contributed by atoms with E-state index in [-0.39, 0.29) is 17.2 Å². The van der Waals surface area contributed by atoms with Crippen molar-refractivity contribution in [1.82, 2.24) is 0 Å². The van der Waals surface area contributed by atoms with Crippen LogP contribution < -0.4 is 5.32 Å². The molecule has 0 heterocycles. The van der Waals surface area contributed by atoms with Crippen molar-refractivity contribution in [3.63, 3.8) is 0 Å². The van der Waals surface area contributed by atoms with E-state index in [1.54, 1.807) is 6.07 Å². The molecule has 0 spiro atoms. The normalized spacial score (nSPS) is 10.5. The molecule has 0 aliphatic heterocycles. The highest BCUT2D eigenvalue weighted by molar-refractivity contribution is 14.1. The van der Waals surface area contributed by atoms with Gasteiger partial charge in [0, 0.05) is 14.3 Å². The van der Waals surface area contributed by atoms with Crippen LogP contribution in [-0.4, -0.2) is 11.0 Å². The number of aromatic hydroxyl groups is 1. The minimum atomic E-state index is -0.340. The lowest BCUT2D eigenvalue weighted by Crippen LogP contribution is -2.12. The number of amides is 1. The Labute approximate surface area is 177 Å². The molecule has 0 aromatic heterocycles. The van der Waals surface area contributed by atoms with Gasteiger partial charge in [-0.25, -0.2) is 0 Å². The Balaban J connectivity index is 1.80. The molecule has 0 unspecified atom stereocenters. The van der Waals surface area contributed by atoms with Gasteiger partial charge in [0.25, 0.3) is 5.91 Å². The molecule has 3 aromatic carbocycles. The molecule has 3 nitrogen and oxygen atoms in total. The van der Waals surface area contributed by atoms with Crippen molar-refractivity contribution in [2.24, 2.45) is 0 Å². The third-order valence-electron chi connectivity index (χ3n) is 3.59. The number of nitrogens with one attached hydrogen (secondary N) is 1. The summed E-state index contributed by atoms with van der Waals surface area (Å²) in [6.07, 6.45) is 0. The maximum Gasteiger partial charge on any atom is 0.259 e. The second-order valence-corrected chi connectivity index (χ2v) is 8.17. The smallest absolute Gasteiger partial charge is 0.259 e. The fourth-order valence-corrected chi connectivity index (χ4v) is 4.30. The highest BCUT2D eigenvalue weighted by Gasteiger charge is 2.15. The molecule has 0 saturated carbocycles. The molecule has 0 atom stereocenters. The van der Waals surface area contributed by atoms with Gasteiger partial charge in [0.15, 0.2) is 0 Å². The third-order valence-corrected chi connectivity index (χ3v) is 5.29. The van der Waals surface area contributed by atoms with E-state index in [1.165, 1.54) is 0 Å². The molecule has 0 aliphatic carbocycles. The zero-order valence-corrected chi connectivity index (χ0v) is 17.8. The Morgan fingerprint density at radius 2 is 1.48 bits per heavy atom. The van der Waals surface area contributed by atoms with Crippen LogP contribution in [0.2, 0.25) is 5.02 Å². The van der Waals surface area contributed by atoms with Gasteiger partial charge in [0.1, 0.15) is 5.75 Å². The number of halogens is 3. The van der Waals surface area contributed by atoms with E-state index in [2.05, 4.69) is 27.9 Å². The first-order valence-corrected chi connectivity index (χ1v) is 9.83. The molecule has 25 heavy (non-hydrogen) atoms. The van der Waals surface area contributed by atoms with Gasteiger partial charge >= 0.3 is 0 Å². The lowest BCUT2D eigenvalue weighted by Gasteiger charge is -2.10. The molecular formula is C19H12ClI2NO2. The molecule has 1 amide bonds. The van der Waals surface area contributed by atoms with Gasteiger partial charge in [-0.05, 0) is 92.7 Å². The Hall–Kier alpha value is -1.32. The summed E-state index contributed by atoms with van der Waals surface area (Å²) < 4.78 is 1.54. The fourth-order valence-electron chi connectivity index (χ4n) is 2.33. The van der Waals surface area contributed by atoms with Crippen molar-refractivity contribution in [2.45, 2.75) is 0 Å². The zero-order chi connectivity index (χ0) is 18.0. The van der Waals surface area contributed by atoms with Crippen LogP contribution in [-0.2, 0) is 0 Å². The Kier molecular flexibility index (Phi) is 5.85. The number of carbonyl (C=O) groups is 1. The maximum atomic E-state index is 12.4. The molecule has 126 valence electrons. The maximum absolute atomic E-state index is 12.4. The van der Waals surface area contributed by atoms with Gasteiger partial charge < -0.3 is 10.4 Å². The molecule has 2 N–H and O–H groups in total. The summed E-state index contributed by atoms with van der Waals surface area (Å²) in [4.78, 5) is 12.4. The largest absolute Gasteiger partial charge is 0.506 e. The van der Waals surface area contributed by atoms with Crippen LogP contribution in [0.1, 0.15) is 10.4 Å². The first kappa shape index (κ1) is 18.5. The van der Waals surface area contributed by atoms with Crippen LogP contribution in [0.25, 0.3) is 11.1 Å². The van der Waals surface area contributed by atoms with Gasteiger partial charge in [-0.1, -0.05) is 35.9 Å². The van der Waals surface area contributed by atoms with Gasteiger partial charge in [0.2, 0.25) is 0 Å². The summed E-state index contributed by atoms with van der Waals surface area (Å²) in [6.45, 7) is 0. The second-order valence-electron chi connectivity index (χ2n) is 5.32. The van der Waals surface area contributed by atoms with Gasteiger partial charge in [-0.15, -0.1) is 0 Å². The van der Waals surface area contributed by atoms with Crippen molar-refractivity contribution in [3.05, 3.63) is 78.4 Å². The van der Waals surface area contributed by atoms with Gasteiger partial charge in [-0.2, -0.15) is 0 Å². The van der Waals surface area contributed by atoms with Crippen LogP contribution >= 0.6 is 56.8 Å². The SMILES string of the molecule is O=C(Nc1ccc(-c2ccc(Cl)cc2)cc1)c1cc(I)cc(I)c1O. The van der Waals surface area contributed by atoms with Crippen molar-refractivity contribution in [2.75, 3.05) is 5.32 Å². The molecule has 0 radical (unpaired) electrons. The molecular weight excluding hydrogens is 563 g/mol. The number of hydrogen-bond acceptors (Lipinski definition) is 2. The van der Waals surface area contributed by atoms with Gasteiger partial charge in [-0.3, -0.25) is 4.79 Å². The quantitative estimate of drug-likeness (QED) is 0.367. The Bertz CT molecular complexity index is 925. The number of phenols is 1. The first-order valence-electron chi connectivity index (χ1n) is 7.29. The Morgan fingerprint density at radius 3 is 2.08 bits per heavy atom. The number of benzene rings is 3. The highest BCUT2D eigenvalue weighted by Crippen LogP contribution is 2.28. The zero-order valence-electron chi connectivity index (χ0n) is 12.8. The van der Waals surface area contributed by atoms with Crippen molar-refractivity contribution in [1.29, 1.82) is 0 Å². The van der Waals surface area contributed by atoms with Crippen molar-refractivity contribution in [3.8, 4) is 16.9 Å². The lowest BCUT2D eigenvalue weighted by molar-refractivity contribution is 0.102. The molecule has 3 rings (SSSR count). The number of hydrogen-bond donors (Lipinski definition) is 2. The molecule has 0 saturated heterocycles. The molecule has 3 aromatic rings. The summed E-state index contributed by atoms with van der Waals surface area (Å²) >= 11 is 10.0. The van der Waals surface area contributed by atoms with Crippen LogP contribution in [0, 0.1) is 7.14 Å². The molecule has 0 aliphatic rings. The average Bonchev–Trinajstić information content (AvgIpc) is 2.59. The first-order chi connectivity index (χ1) is 11.9. The topological polar surface area (TPSA) is 49.3 Å². The van der Waals surface area contributed by atoms with Crippen molar-refractivity contribution >= 4 is 68.4 Å². The number of phenolic OH excluding ortho intramolecular Hbond substituents is 1. The van der Waals surface area contributed by atoms with E-state index in [0.717, 1.165) is 14.7 Å². The molecule has 6 heteroatoms. The summed E-state index contributed by atoms with van der Waals surface area (Å²) in [5.41, 5.74) is 3.00. The number of anilines is 1. The third kappa shape index (κ3) is 4.45. The Morgan fingerprint density at radius 1 is 0.920 bits per heavy atom. The molecule has 0 bridgehead atoms. The van der Waals surface area contributed by atoms with Crippen LogP contribution in [0.3, 0.4) is 0 Å². The minimum Gasteiger partial charge on any atom is -0.506 e. The monoisotopic (exact) mass is 575 g/mol. The van der Waals surface area contributed by atoms with Crippen LogP contribution in [0.4, 0.5) is 5.69 Å². The lowest BCUT2D eigenvalue weighted by atomic mass is 10.1. The van der Waals surface area contributed by atoms with Gasteiger partial charge in [0.05, 0.1) is 9.13 Å². The second kappa shape index (κ2) is 7.92. The average molecular weight is 576 g/mol. The van der Waals surface area contributed by atoms with E-state index >= 15 is 0 Å². The fraction of sp³-hybridized carbons (Fsp3) is 0. The summed E-state index contributed by atoms with van der Waals surface area (Å²) in [5, 5.41) is 13.6. The van der Waals surface area contributed by atoms with E-state index < -0.39 is 0 Å². The number of rotatable bonds is 3. The van der Waals surface area contributed by atoms with E-state index in [1.807, 2.05) is 77.2 Å². The van der Waals surface area contributed by atoms with Crippen molar-refractivity contribution < 1.29 is 9.90 Å². The summed E-state index contributed by atoms with van der Waals surface area (Å²) in [5.74, 6) is -0.343. The van der Waals surface area contributed by atoms with Crippen LogP contribution in [0.5, 0.6) is 5.75 Å². The minimum absolute atomic E-state index is 0.00343. The summed E-state index contributed by atoms with van der Waals surface area (Å²) in [6, 6.07) is 18.6. The van der Waals surface area contributed by atoms with E-state index in [9.17, 15) is 9.90 Å². The van der Waals surface area contributed by atoms with Crippen LogP contribution in [0.15, 0.2) is 60.7 Å².